The first-order valence-electron chi connectivity index (χ1n) is 13.2. The van der Waals surface area contributed by atoms with Gasteiger partial charge in [0, 0.05) is 0 Å². The van der Waals surface area contributed by atoms with Crippen LogP contribution in [0.4, 0.5) is 0 Å². The summed E-state index contributed by atoms with van der Waals surface area (Å²) < 4.78 is 7.63. The normalized spacial score (nSPS) is 11.0. The third-order valence-electron chi connectivity index (χ3n) is 5.30. The predicted octanol–water partition coefficient (Wildman–Crippen LogP) is 9.18. The molecule has 5 heteroatoms. The van der Waals surface area contributed by atoms with Gasteiger partial charge >= 0.3 is 127 Å². The Balaban J connectivity index is 0. The SMILES string of the molecule is CC(C)CCCCCOC(=O)C(S)S.CCCCCCC[CH2][Sn][CH2]CCCCCCC. The van der Waals surface area contributed by atoms with E-state index in [1.807, 2.05) is 0 Å². The van der Waals surface area contributed by atoms with Crippen molar-refractivity contribution in [3.05, 3.63) is 0 Å². The zero-order chi connectivity index (χ0) is 23.6. The van der Waals surface area contributed by atoms with Crippen LogP contribution in [0.5, 0.6) is 0 Å². The molecule has 0 bridgehead atoms. The summed E-state index contributed by atoms with van der Waals surface area (Å²) >= 11 is 7.78. The molecular formula is C26H54O2S2Sn. The van der Waals surface area contributed by atoms with E-state index in [1.165, 1.54) is 77.0 Å². The summed E-state index contributed by atoms with van der Waals surface area (Å²) in [6.45, 7) is 9.53. The molecule has 0 rings (SSSR count). The molecule has 0 saturated carbocycles. The summed E-state index contributed by atoms with van der Waals surface area (Å²) in [5, 5.41) is 0. The molecule has 0 fully saturated rings. The molecular weight excluding hydrogens is 527 g/mol. The van der Waals surface area contributed by atoms with Crippen molar-refractivity contribution in [3.8, 4) is 0 Å². The third-order valence-corrected chi connectivity index (χ3v) is 9.75. The van der Waals surface area contributed by atoms with E-state index in [9.17, 15) is 4.79 Å². The molecule has 0 aromatic rings. The Kier molecular flexibility index (Phi) is 31.9. The van der Waals surface area contributed by atoms with Crippen molar-refractivity contribution >= 4 is 52.4 Å². The Hall–Kier alpha value is 0.969. The third kappa shape index (κ3) is 33.2. The number of ether oxygens (including phenoxy) is 1. The molecule has 31 heavy (non-hydrogen) atoms. The van der Waals surface area contributed by atoms with Gasteiger partial charge in [-0.2, -0.15) is 25.3 Å². The van der Waals surface area contributed by atoms with Gasteiger partial charge in [0.15, 0.2) is 0 Å². The molecule has 0 unspecified atom stereocenters. The molecule has 186 valence electrons. The molecule has 0 spiro atoms. The molecule has 0 amide bonds. The maximum absolute atomic E-state index is 10.9. The van der Waals surface area contributed by atoms with Gasteiger partial charge in [0.05, 0.1) is 6.61 Å². The van der Waals surface area contributed by atoms with Crippen molar-refractivity contribution in [2.45, 2.75) is 144 Å². The first kappa shape index (κ1) is 34.1. The molecule has 2 radical (unpaired) electrons. The fourth-order valence-corrected chi connectivity index (χ4v) is 6.98. The van der Waals surface area contributed by atoms with Gasteiger partial charge in [-0.25, -0.2) is 4.79 Å². The van der Waals surface area contributed by atoms with Gasteiger partial charge in [0.2, 0.25) is 0 Å². The first-order chi connectivity index (χ1) is 15.0. The second-order valence-electron chi connectivity index (χ2n) is 9.07. The van der Waals surface area contributed by atoms with Crippen LogP contribution in [-0.2, 0) is 9.53 Å². The molecule has 0 aromatic carbocycles. The minimum absolute atomic E-state index is 0.0736. The fraction of sp³-hybridized carbons (Fsp3) is 0.962. The maximum atomic E-state index is 10.9. The van der Waals surface area contributed by atoms with Crippen molar-refractivity contribution in [1.29, 1.82) is 0 Å². The van der Waals surface area contributed by atoms with Gasteiger partial charge in [-0.3, -0.25) is 0 Å². The number of carbonyl (C=O) groups excluding carboxylic acids is 1. The van der Waals surface area contributed by atoms with Crippen LogP contribution in [-0.4, -0.2) is 38.3 Å². The van der Waals surface area contributed by atoms with Crippen LogP contribution in [0.25, 0.3) is 0 Å². The molecule has 0 aromatic heterocycles. The summed E-state index contributed by atoms with van der Waals surface area (Å²) in [5.74, 6) is 0.414. The van der Waals surface area contributed by atoms with Crippen LogP contribution in [0, 0.1) is 5.92 Å². The van der Waals surface area contributed by atoms with Crippen molar-refractivity contribution in [1.82, 2.24) is 0 Å². The van der Waals surface area contributed by atoms with Crippen LogP contribution < -0.4 is 0 Å². The van der Waals surface area contributed by atoms with E-state index in [2.05, 4.69) is 53.0 Å². The number of unbranched alkanes of at least 4 members (excludes halogenated alkanes) is 12. The van der Waals surface area contributed by atoms with Crippen molar-refractivity contribution in [3.63, 3.8) is 0 Å². The van der Waals surface area contributed by atoms with Gasteiger partial charge in [0.1, 0.15) is 4.58 Å². The number of thiol groups is 2. The average molecular weight is 582 g/mol. The van der Waals surface area contributed by atoms with Gasteiger partial charge in [-0.05, 0) is 12.3 Å². The van der Waals surface area contributed by atoms with E-state index in [4.69, 9.17) is 4.74 Å². The molecule has 0 heterocycles. The number of hydrogen-bond donors (Lipinski definition) is 2. The van der Waals surface area contributed by atoms with E-state index in [0.717, 1.165) is 18.8 Å². The second kappa shape index (κ2) is 29.0. The molecule has 0 atom stereocenters. The summed E-state index contributed by atoms with van der Waals surface area (Å²) in [5.41, 5.74) is 0. The number of hydrogen-bond acceptors (Lipinski definition) is 4. The summed E-state index contributed by atoms with van der Waals surface area (Å²) in [6, 6.07) is 0. The quantitative estimate of drug-likeness (QED) is 0.0465. The van der Waals surface area contributed by atoms with Crippen LogP contribution in [0.3, 0.4) is 0 Å². The van der Waals surface area contributed by atoms with Crippen LogP contribution >= 0.6 is 25.3 Å². The Morgan fingerprint density at radius 3 is 1.61 bits per heavy atom. The monoisotopic (exact) mass is 582 g/mol. The van der Waals surface area contributed by atoms with E-state index < -0.39 is 4.58 Å². The van der Waals surface area contributed by atoms with E-state index in [-0.39, 0.29) is 27.1 Å². The van der Waals surface area contributed by atoms with Gasteiger partial charge < -0.3 is 4.74 Å². The minimum atomic E-state index is -0.606. The number of esters is 1. The fourth-order valence-electron chi connectivity index (χ4n) is 3.26. The van der Waals surface area contributed by atoms with Gasteiger partial charge in [-0.15, -0.1) is 0 Å². The molecule has 0 aliphatic carbocycles. The van der Waals surface area contributed by atoms with Crippen molar-refractivity contribution in [2.24, 2.45) is 5.92 Å². The van der Waals surface area contributed by atoms with Crippen LogP contribution in [0.1, 0.15) is 130 Å². The second-order valence-corrected chi connectivity index (χ2v) is 14.8. The average Bonchev–Trinajstić information content (AvgIpc) is 2.74. The number of carbonyl (C=O) groups is 1. The first-order valence-corrected chi connectivity index (χ1v) is 18.3. The Labute approximate surface area is 217 Å². The Morgan fingerprint density at radius 1 is 0.710 bits per heavy atom. The van der Waals surface area contributed by atoms with E-state index in [1.54, 1.807) is 21.7 Å². The zero-order valence-electron chi connectivity index (χ0n) is 21.3. The summed E-state index contributed by atoms with van der Waals surface area (Å²) in [7, 11) is 0. The Morgan fingerprint density at radius 2 is 1.16 bits per heavy atom. The van der Waals surface area contributed by atoms with Crippen LogP contribution in [0.15, 0.2) is 0 Å². The number of rotatable bonds is 21. The molecule has 2 nitrogen and oxygen atoms in total. The zero-order valence-corrected chi connectivity index (χ0v) is 25.9. The topological polar surface area (TPSA) is 26.3 Å². The molecule has 0 saturated heterocycles. The van der Waals surface area contributed by atoms with Gasteiger partial charge in [-0.1, -0.05) is 33.1 Å². The predicted molar refractivity (Wildman–Crippen MR) is 148 cm³/mol. The van der Waals surface area contributed by atoms with Crippen LogP contribution in [0.2, 0.25) is 8.87 Å². The van der Waals surface area contributed by atoms with Gasteiger partial charge in [0.25, 0.3) is 0 Å². The molecule has 0 aliphatic rings. The van der Waals surface area contributed by atoms with E-state index in [0.29, 0.717) is 6.61 Å². The molecule has 0 aliphatic heterocycles. The van der Waals surface area contributed by atoms with Crippen molar-refractivity contribution in [2.75, 3.05) is 6.61 Å². The summed E-state index contributed by atoms with van der Waals surface area (Å²) in [4.78, 5) is 10.9. The summed E-state index contributed by atoms with van der Waals surface area (Å²) in [6.07, 6.45) is 22.3. The van der Waals surface area contributed by atoms with E-state index >= 15 is 0 Å². The van der Waals surface area contributed by atoms with Crippen molar-refractivity contribution < 1.29 is 9.53 Å². The standard InChI is InChI=1S/C10H20O2S2.2C8H17.Sn/c1-8(2)6-4-3-5-7-12-9(11)10(13)14;2*1-3-5-7-8-6-4-2;/h8,10,13-14H,3-7H2,1-2H3;2*1,3-8H2,2H3;. The Bertz CT molecular complexity index is 338. The molecule has 0 N–H and O–H groups in total.